The molecule has 2 heterocycles. The molecule has 40 nitrogen and oxygen atoms in total. The molecule has 0 aliphatic heterocycles. The molecule has 0 aliphatic carbocycles. The van der Waals surface area contributed by atoms with E-state index < -0.39 is 87.4 Å². The number of nitrogens with two attached hydrogens (primary N) is 8. The lowest BCUT2D eigenvalue weighted by molar-refractivity contribution is -0.119. The highest BCUT2D eigenvalue weighted by Crippen LogP contribution is 2.34. The number of anilines is 12. The molecule has 0 bridgehead atoms. The Balaban J connectivity index is 1.12. The van der Waals surface area contributed by atoms with Gasteiger partial charge in [0.2, 0.25) is 123 Å². The van der Waals surface area contributed by atoms with Crippen molar-refractivity contribution in [2.24, 2.45) is 45.9 Å². The van der Waals surface area contributed by atoms with Crippen LogP contribution in [0.3, 0.4) is 0 Å². The Morgan fingerprint density at radius 2 is 0.464 bits per heavy atom. The lowest BCUT2D eigenvalue weighted by Gasteiger charge is -2.21. The van der Waals surface area contributed by atoms with Crippen LogP contribution in [-0.4, -0.2) is 180 Å². The van der Waals surface area contributed by atoms with E-state index >= 15 is 0 Å². The number of benzene rings is 6. The Morgan fingerprint density at radius 1 is 0.277 bits per heavy atom. The molecule has 8 aromatic rings. The van der Waals surface area contributed by atoms with E-state index in [1.54, 1.807) is 38.1 Å². The molecule has 44 heteroatoms. The molecule has 0 spiro atoms. The summed E-state index contributed by atoms with van der Waals surface area (Å²) < 4.78 is 116. The van der Waals surface area contributed by atoms with Crippen LogP contribution >= 0.6 is 0 Å². The normalized spacial score (nSPS) is 11.8. The van der Waals surface area contributed by atoms with Gasteiger partial charge in [-0.2, -0.15) is 47.1 Å². The van der Waals surface area contributed by atoms with Gasteiger partial charge in [-0.05, 0) is 133 Å². The third-order valence-electron chi connectivity index (χ3n) is 16.3. The first-order valence-electron chi connectivity index (χ1n) is 33.9. The summed E-state index contributed by atoms with van der Waals surface area (Å²) in [5.74, 6) is -7.26. The van der Waals surface area contributed by atoms with Crippen molar-refractivity contribution in [1.29, 1.82) is 0 Å². The van der Waals surface area contributed by atoms with Gasteiger partial charge in [0.05, 0.1) is 19.6 Å². The number of aryl methyl sites for hydroxylation is 2. The second kappa shape index (κ2) is 37.8. The summed E-state index contributed by atoms with van der Waals surface area (Å²) in [4.78, 5) is 120. The molecule has 22 N–H and O–H groups in total. The largest absolute Gasteiger partial charge is 0.370 e. The summed E-state index contributed by atoms with van der Waals surface area (Å²) in [6.07, 6.45) is -2.93. The number of nitrogens with one attached hydrogen (secondary N) is 6. The van der Waals surface area contributed by atoms with Crippen molar-refractivity contribution in [3.8, 4) is 11.1 Å². The van der Waals surface area contributed by atoms with Crippen LogP contribution in [0.2, 0.25) is 0 Å². The van der Waals surface area contributed by atoms with E-state index in [1.165, 1.54) is 97.1 Å². The number of hydrogen-bond donors (Lipinski definition) is 14. The second-order valence-electron chi connectivity index (χ2n) is 24.9. The molecule has 0 aliphatic rings. The van der Waals surface area contributed by atoms with Crippen molar-refractivity contribution < 1.29 is 72.0 Å². The molecule has 0 fully saturated rings. The fourth-order valence-electron chi connectivity index (χ4n) is 10.6. The van der Waals surface area contributed by atoms with E-state index in [9.17, 15) is 72.0 Å². The number of carbonyl (C=O) groups is 8. The fraction of sp³-hybridized carbons (Fsp3) is 0.265. The van der Waals surface area contributed by atoms with Crippen LogP contribution in [0.15, 0.2) is 153 Å². The van der Waals surface area contributed by atoms with Crippen molar-refractivity contribution in [1.82, 2.24) is 47.1 Å². The van der Waals surface area contributed by atoms with Crippen LogP contribution in [0.25, 0.3) is 11.1 Å². The number of hydrogen-bond acceptors (Lipinski definition) is 28. The number of primary amides is 8. The molecule has 0 atom stereocenters. The zero-order valence-corrected chi connectivity index (χ0v) is 63.5. The zero-order valence-electron chi connectivity index (χ0n) is 60.3. The van der Waals surface area contributed by atoms with Crippen molar-refractivity contribution in [2.45, 2.75) is 84.8 Å². The van der Waals surface area contributed by atoms with Crippen LogP contribution in [0.5, 0.6) is 0 Å². The maximum atomic E-state index is 14.1. The van der Waals surface area contributed by atoms with Gasteiger partial charge in [-0.15, -0.1) is 0 Å². The van der Waals surface area contributed by atoms with Gasteiger partial charge in [0.25, 0.3) is 0 Å². The molecule has 8 rings (SSSR count). The monoisotopic (exact) mass is 1620 g/mol. The van der Waals surface area contributed by atoms with Gasteiger partial charge in [-0.25, -0.2) is 33.7 Å². The van der Waals surface area contributed by atoms with E-state index in [2.05, 4.69) is 61.8 Å². The Bertz CT molecular complexity index is 4710. The number of carbonyl (C=O) groups excluding carboxylic acids is 8. The van der Waals surface area contributed by atoms with Gasteiger partial charge in [-0.1, -0.05) is 36.4 Å². The van der Waals surface area contributed by atoms with Gasteiger partial charge in [0, 0.05) is 138 Å². The first-order valence-corrected chi connectivity index (χ1v) is 39.6. The quantitative estimate of drug-likeness (QED) is 0.0259. The molecule has 0 saturated carbocycles. The smallest absolute Gasteiger partial charge is 0.243 e. The van der Waals surface area contributed by atoms with Crippen molar-refractivity contribution in [3.63, 3.8) is 0 Å². The Morgan fingerprint density at radius 3 is 0.643 bits per heavy atom. The average molecular weight is 1620 g/mol. The first-order chi connectivity index (χ1) is 52.8. The molecule has 0 saturated heterocycles. The van der Waals surface area contributed by atoms with Gasteiger partial charge in [0.1, 0.15) is 0 Å². The van der Waals surface area contributed by atoms with Crippen LogP contribution in [-0.2, 0) is 78.4 Å². The molecule has 6 aromatic carbocycles. The van der Waals surface area contributed by atoms with Crippen LogP contribution in [0, 0.1) is 13.8 Å². The van der Waals surface area contributed by atoms with Crippen LogP contribution in [0.4, 0.5) is 69.8 Å². The summed E-state index contributed by atoms with van der Waals surface area (Å²) in [6, 6.07) is 32.6. The number of sulfonamides is 4. The second-order valence-corrected chi connectivity index (χ2v) is 32.6. The molecule has 0 unspecified atom stereocenters. The van der Waals surface area contributed by atoms with Crippen molar-refractivity contribution >= 4 is 157 Å². The Hall–Kier alpha value is -12.5. The molecule has 2 aromatic heterocycles. The predicted molar refractivity (Wildman–Crippen MR) is 412 cm³/mol. The molecule has 8 amide bonds. The topological polar surface area (TPSA) is 644 Å². The van der Waals surface area contributed by atoms with E-state index in [1.807, 2.05) is 12.1 Å². The van der Waals surface area contributed by atoms with Crippen molar-refractivity contribution in [3.05, 3.63) is 145 Å². The van der Waals surface area contributed by atoms with Crippen LogP contribution < -0.4 is 77.8 Å². The third kappa shape index (κ3) is 24.3. The molecular formula is C68H82N24O16S4. The third-order valence-corrected chi connectivity index (χ3v) is 23.9. The van der Waals surface area contributed by atoms with Gasteiger partial charge in [-0.3, -0.25) is 38.4 Å². The minimum Gasteiger partial charge on any atom is -0.370 e. The fourth-order valence-corrected chi connectivity index (χ4v) is 16.6. The Kier molecular flexibility index (Phi) is 28.7. The lowest BCUT2D eigenvalue weighted by atomic mass is 10.00. The van der Waals surface area contributed by atoms with E-state index in [-0.39, 0.29) is 182 Å². The summed E-state index contributed by atoms with van der Waals surface area (Å²) >= 11 is 0. The number of aromatic nitrogens is 6. The molecule has 112 heavy (non-hydrogen) atoms. The maximum absolute atomic E-state index is 14.1. The number of amides is 8. The minimum absolute atomic E-state index is 0.0988. The zero-order chi connectivity index (χ0) is 81.8. The summed E-state index contributed by atoms with van der Waals surface area (Å²) in [6.45, 7) is 0.690. The predicted octanol–water partition coefficient (Wildman–Crippen LogP) is 1.77. The number of rotatable bonds is 45. The SMILES string of the molecule is Cc1cc(-c2ccc(Nc3nc(Nc4cccc(S(=O)(=O)N(CCC(N)=O)CCC(N)=O)c4)nc(Nc4cccc(S(=O)(=O)N(CCC(N)=O)CCC(N)=O)c4)n3)c(C)c2)ccc1Nc1nc(Nc2cccc(S(=O)(=O)N(CCC(N)=O)CCC(N)=O)c2)nc(Nc2cccc(S(=O)(=O)N(CCC(N)=O)CCC(N)=O)c2)n1. The standard InChI is InChI=1S/C68H82N24O16S4/c1-41-35-43(15-17-53(41)81-67-85-63(77-45-7-3-11-49(37-45)109(101,102)89(27-19-55(69)93)28-20-56(70)94)83-64(86-67)78-46-8-4-12-50(38-46)110(103,104)90(29-21-57(71)95)30-22-58(72)96)44-16-18-54(42(2)36-44)82-68-87-65(79-47-9-5-13-51(39-47)111(105,106)91(31-23-59(73)97)32-24-60(74)98)84-66(88-68)80-48-10-6-14-52(40-48)112(107,108)92(33-25-61(75)99)34-26-62(76)100/h3-18,35-40H,19-34H2,1-2H3,(H2,69,93)(H2,70,94)(H2,71,95)(H2,72,96)(H2,73,97)(H2,74,98)(H2,75,99)(H2,76,100)(H3,77,78,81,83,85,86)(H3,79,80,82,84,87,88). The molecule has 594 valence electrons. The summed E-state index contributed by atoms with van der Waals surface area (Å²) in [5.41, 5.74) is 47.0. The van der Waals surface area contributed by atoms with E-state index in [4.69, 9.17) is 45.9 Å². The average Bonchev–Trinajstić information content (AvgIpc) is 0.809. The van der Waals surface area contributed by atoms with Crippen molar-refractivity contribution in [2.75, 3.05) is 84.3 Å². The first kappa shape index (κ1) is 85.2. The van der Waals surface area contributed by atoms with Gasteiger partial charge >= 0.3 is 0 Å². The molecular weight excluding hydrogens is 1540 g/mol. The summed E-state index contributed by atoms with van der Waals surface area (Å²) in [7, 11) is -17.6. The lowest BCUT2D eigenvalue weighted by Crippen LogP contribution is -2.36. The number of nitrogens with zero attached hydrogens (tertiary/aromatic N) is 10. The molecule has 0 radical (unpaired) electrons. The minimum atomic E-state index is -4.41. The van der Waals surface area contributed by atoms with Gasteiger partial charge in [0.15, 0.2) is 0 Å². The highest BCUT2D eigenvalue weighted by atomic mass is 32.2. The van der Waals surface area contributed by atoms with Gasteiger partial charge < -0.3 is 77.8 Å². The van der Waals surface area contributed by atoms with Crippen LogP contribution in [0.1, 0.15) is 62.5 Å². The highest BCUT2D eigenvalue weighted by molar-refractivity contribution is 7.90. The van der Waals surface area contributed by atoms with E-state index in [0.717, 1.165) is 17.2 Å². The highest BCUT2D eigenvalue weighted by Gasteiger charge is 2.31. The van der Waals surface area contributed by atoms with E-state index in [0.29, 0.717) is 33.6 Å². The Labute approximate surface area is 643 Å². The summed E-state index contributed by atoms with van der Waals surface area (Å²) in [5, 5.41) is 18.3. The maximum Gasteiger partial charge on any atom is 0.243 e.